The lowest BCUT2D eigenvalue weighted by molar-refractivity contribution is -0.113. The van der Waals surface area contributed by atoms with Crippen LogP contribution in [0.2, 0.25) is 30.1 Å². The molecule has 4 aliphatic heterocycles. The van der Waals surface area contributed by atoms with E-state index in [9.17, 15) is 15.3 Å². The molecule has 2 N–H and O–H groups in total. The Bertz CT molecular complexity index is 3820. The summed E-state index contributed by atoms with van der Waals surface area (Å²) in [6, 6.07) is 29.5. The number of aryl methyl sites for hydroxylation is 1. The van der Waals surface area contributed by atoms with Gasteiger partial charge in [0.15, 0.2) is 6.33 Å². The average Bonchev–Trinajstić information content (AvgIpc) is 4.47. The summed E-state index contributed by atoms with van der Waals surface area (Å²) in [5.74, 6) is 3.78. The second kappa shape index (κ2) is 30.7. The van der Waals surface area contributed by atoms with Crippen LogP contribution in [0.4, 0.5) is 0 Å². The number of amides is 1. The first kappa shape index (κ1) is 63.7. The minimum Gasteiger partial charge on any atom is -0.364 e. The summed E-state index contributed by atoms with van der Waals surface area (Å²) in [4.78, 5) is 31.4. The standard InChI is InChI=1S/C15H14ClN3OS2.2C14H9Cl2N3S2.C14H10ClN3S2/c1-9-6-10(16)2-3-11(9)12-7-21-15(22-12)13(14(17)20)19-5-4-18-8-19;15-9-1-2-11(16)10(5-9)13-7-20-14(21-13)12(6-17)19-4-3-18-8-19;15-10-3-1-2-9(13(10)16)12-7-20-14(21-12)11(6-17)19-5-4-18-8-19;1-16-13(18-7-6-17-9-18)14-19-8-12(20-14)10-2-4-11(15)5-3-10/h2-6,8,12H,7H2,1H3,(H2,17,20);1-5,8,13H,7H2;1-5,8,12H,7H2;2-7,9,12H,8H2/b15-13-;14-12-;14-11-;14-13-. The van der Waals surface area contributed by atoms with Crippen LogP contribution in [-0.4, -0.2) is 67.1 Å². The first-order valence-electron chi connectivity index (χ1n) is 24.7. The molecule has 4 aliphatic rings. The van der Waals surface area contributed by atoms with E-state index in [1.807, 2.05) is 48.5 Å². The predicted octanol–water partition coefficient (Wildman–Crippen LogP) is 18.6. The number of halogens is 6. The summed E-state index contributed by atoms with van der Waals surface area (Å²) in [6.07, 6.45) is 20.2. The summed E-state index contributed by atoms with van der Waals surface area (Å²) in [5, 5.41) is 23.8. The molecule has 8 aromatic rings. The molecular weight excluding hydrogens is 1340 g/mol. The fourth-order valence-corrected chi connectivity index (χ4v) is 21.4. The van der Waals surface area contributed by atoms with Gasteiger partial charge in [-0.15, -0.1) is 94.1 Å². The highest BCUT2D eigenvalue weighted by Gasteiger charge is 2.32. The first-order chi connectivity index (χ1) is 40.7. The van der Waals surface area contributed by atoms with Gasteiger partial charge in [0.05, 0.1) is 58.4 Å². The molecule has 84 heavy (non-hydrogen) atoms. The summed E-state index contributed by atoms with van der Waals surface area (Å²) in [6.45, 7) is 9.43. The number of allylic oxidation sites excluding steroid dienone is 2. The normalized spacial score (nSPS) is 20.4. The quantitative estimate of drug-likeness (QED) is 0.0823. The number of nitrogens with two attached hydrogens (primary N) is 1. The van der Waals surface area contributed by atoms with Gasteiger partial charge in [-0.2, -0.15) is 10.5 Å². The van der Waals surface area contributed by atoms with Gasteiger partial charge in [-0.1, -0.05) is 107 Å². The van der Waals surface area contributed by atoms with E-state index in [1.54, 1.807) is 199 Å². The molecule has 4 aromatic heterocycles. The number of carbonyl (C=O) groups is 1. The lowest BCUT2D eigenvalue weighted by atomic mass is 10.1. The van der Waals surface area contributed by atoms with Crippen LogP contribution in [-0.2, 0) is 4.79 Å². The maximum Gasteiger partial charge on any atom is 0.267 e. The van der Waals surface area contributed by atoms with Gasteiger partial charge in [-0.25, -0.2) is 19.9 Å². The molecule has 426 valence electrons. The molecule has 27 heteroatoms. The molecule has 4 aromatic carbocycles. The highest BCUT2D eigenvalue weighted by atomic mass is 35.5. The zero-order valence-electron chi connectivity index (χ0n) is 43.5. The fourth-order valence-electron chi connectivity index (χ4n) is 8.23. The lowest BCUT2D eigenvalue weighted by Crippen LogP contribution is -2.17. The molecular formula is C57H42Cl6N12OS8. The lowest BCUT2D eigenvalue weighted by Gasteiger charge is -2.12. The van der Waals surface area contributed by atoms with Crippen molar-refractivity contribution in [2.75, 3.05) is 23.0 Å². The number of benzene rings is 4. The predicted molar refractivity (Wildman–Crippen MR) is 361 cm³/mol. The van der Waals surface area contributed by atoms with Gasteiger partial charge in [-0.05, 0) is 83.3 Å². The molecule has 0 radical (unpaired) electrons. The third-order valence-electron chi connectivity index (χ3n) is 12.3. The number of carbonyl (C=O) groups excluding carboxylic acids is 1. The highest BCUT2D eigenvalue weighted by molar-refractivity contribution is 8.26. The Morgan fingerprint density at radius 3 is 1.58 bits per heavy atom. The van der Waals surface area contributed by atoms with E-state index in [1.165, 1.54) is 11.1 Å². The smallest absolute Gasteiger partial charge is 0.267 e. The molecule has 13 nitrogen and oxygen atoms in total. The topological polar surface area (TPSA) is 166 Å². The fraction of sp³-hybridized carbons (Fsp3) is 0.158. The number of hydrogen-bond acceptors (Lipinski definition) is 15. The van der Waals surface area contributed by atoms with Crippen molar-refractivity contribution < 1.29 is 4.79 Å². The Morgan fingerprint density at radius 2 is 1.04 bits per heavy atom. The van der Waals surface area contributed by atoms with Crippen LogP contribution in [0, 0.1) is 36.2 Å². The number of nitriles is 2. The van der Waals surface area contributed by atoms with Crippen LogP contribution in [0.1, 0.15) is 48.8 Å². The van der Waals surface area contributed by atoms with Crippen LogP contribution in [0.3, 0.4) is 0 Å². The van der Waals surface area contributed by atoms with Crippen LogP contribution >= 0.6 is 164 Å². The number of nitrogens with zero attached hydrogens (tertiary/aromatic N) is 11. The van der Waals surface area contributed by atoms with Crippen molar-refractivity contribution in [3.8, 4) is 12.1 Å². The van der Waals surface area contributed by atoms with Gasteiger partial charge in [-0.3, -0.25) is 23.1 Å². The molecule has 4 atom stereocenters. The SMILES string of the molecule is Cc1cc(Cl)ccc1C1CS/C(=C(\C(N)=O)n2ccnc2)S1.N#C/C(=C1\SCC(c2cc(Cl)ccc2Cl)S1)n1ccnc1.N#C/C(=C1\SCC(c2cccc(Cl)c2Cl)S1)n1ccnc1.[C-]#[N+]/C(=C1\SCC(c2ccc(Cl)cc2)S1)n1ccnc1. The zero-order chi connectivity index (χ0) is 59.3. The van der Waals surface area contributed by atoms with E-state index in [0.29, 0.717) is 48.3 Å². The van der Waals surface area contributed by atoms with E-state index in [0.717, 1.165) is 66.7 Å². The first-order valence-corrected chi connectivity index (χ1v) is 34.4. The second-order valence-corrected chi connectivity index (χ2v) is 30.1. The summed E-state index contributed by atoms with van der Waals surface area (Å²) >= 11 is 50.0. The van der Waals surface area contributed by atoms with Crippen molar-refractivity contribution >= 4 is 193 Å². The van der Waals surface area contributed by atoms with Crippen molar-refractivity contribution in [2.24, 2.45) is 5.73 Å². The zero-order valence-corrected chi connectivity index (χ0v) is 54.6. The minimum atomic E-state index is -0.443. The molecule has 0 spiro atoms. The van der Waals surface area contributed by atoms with E-state index in [-0.39, 0.29) is 15.7 Å². The maximum absolute atomic E-state index is 11.8. The third-order valence-corrected chi connectivity index (χ3v) is 25.8. The van der Waals surface area contributed by atoms with Gasteiger partial charge in [0.1, 0.15) is 29.2 Å². The minimum absolute atomic E-state index is 0.197. The third kappa shape index (κ3) is 16.0. The summed E-state index contributed by atoms with van der Waals surface area (Å²) in [7, 11) is 0. The number of thioether (sulfide) groups is 8. The maximum atomic E-state index is 11.8. The van der Waals surface area contributed by atoms with Crippen LogP contribution in [0.5, 0.6) is 0 Å². The number of imidazole rings is 4. The number of rotatable bonds is 9. The van der Waals surface area contributed by atoms with E-state index >= 15 is 0 Å². The average molecular weight is 1380 g/mol. The second-order valence-electron chi connectivity index (χ2n) is 17.6. The number of aromatic nitrogens is 8. The highest BCUT2D eigenvalue weighted by Crippen LogP contribution is 2.56. The van der Waals surface area contributed by atoms with Gasteiger partial charge in [0.25, 0.3) is 11.7 Å². The van der Waals surface area contributed by atoms with Crippen molar-refractivity contribution in [1.29, 1.82) is 10.5 Å². The van der Waals surface area contributed by atoms with Crippen molar-refractivity contribution in [3.63, 3.8) is 0 Å². The Kier molecular flexibility index (Phi) is 23.2. The largest absolute Gasteiger partial charge is 0.364 e. The number of hydrogen-bond donors (Lipinski definition) is 1. The Morgan fingerprint density at radius 1 is 0.560 bits per heavy atom. The monoisotopic (exact) mass is 1380 g/mol. The Balaban J connectivity index is 0.000000134. The molecule has 1 amide bonds. The van der Waals surface area contributed by atoms with E-state index in [4.69, 9.17) is 81.9 Å². The number of primary amides is 1. The Labute approximate surface area is 549 Å². The molecule has 4 fully saturated rings. The summed E-state index contributed by atoms with van der Waals surface area (Å²) < 4.78 is 10.9. The van der Waals surface area contributed by atoms with Gasteiger partial charge >= 0.3 is 0 Å². The molecule has 0 saturated carbocycles. The molecule has 4 saturated heterocycles. The van der Waals surface area contributed by atoms with Gasteiger partial charge in [0.2, 0.25) is 0 Å². The molecule has 4 unspecified atom stereocenters. The van der Waals surface area contributed by atoms with Crippen LogP contribution in [0.15, 0.2) is 171 Å². The van der Waals surface area contributed by atoms with Crippen molar-refractivity contribution in [2.45, 2.75) is 27.9 Å². The van der Waals surface area contributed by atoms with Crippen LogP contribution in [0.25, 0.3) is 27.8 Å². The molecule has 0 bridgehead atoms. The van der Waals surface area contributed by atoms with E-state index in [2.05, 4.69) is 62.0 Å². The molecule has 12 rings (SSSR count). The van der Waals surface area contributed by atoms with Crippen molar-refractivity contribution in [3.05, 3.63) is 240 Å². The van der Waals surface area contributed by atoms with E-state index < -0.39 is 5.91 Å². The van der Waals surface area contributed by atoms with Crippen LogP contribution < -0.4 is 5.73 Å². The van der Waals surface area contributed by atoms with Gasteiger partial charge in [0, 0.05) is 101 Å². The molecule has 0 aliphatic carbocycles. The van der Waals surface area contributed by atoms with Gasteiger partial charge < -0.3 is 10.6 Å². The Hall–Kier alpha value is -4.84. The van der Waals surface area contributed by atoms with Crippen molar-refractivity contribution in [1.82, 2.24) is 38.2 Å². The summed E-state index contributed by atoms with van der Waals surface area (Å²) in [5.41, 5.74) is 12.9. The molecule has 8 heterocycles.